The molecular weight excluding hydrogens is 264 g/mol. The van der Waals surface area contributed by atoms with Crippen LogP contribution in [0.5, 0.6) is 0 Å². The van der Waals surface area contributed by atoms with E-state index in [4.69, 9.17) is 0 Å². The summed E-state index contributed by atoms with van der Waals surface area (Å²) in [6, 6.07) is 3.17. The van der Waals surface area contributed by atoms with E-state index in [1.807, 2.05) is 0 Å². The molecular formula is C12H20N4O2S. The van der Waals surface area contributed by atoms with Crippen LogP contribution in [-0.4, -0.2) is 57.6 Å². The molecule has 1 aliphatic rings. The maximum atomic E-state index is 11.9. The minimum Gasteiger partial charge on any atom is -0.314 e. The average Bonchev–Trinajstić information content (AvgIpc) is 2.46. The largest absolute Gasteiger partial charge is 0.314 e. The molecule has 0 atom stereocenters. The summed E-state index contributed by atoms with van der Waals surface area (Å²) in [4.78, 5) is 6.38. The fourth-order valence-corrected chi connectivity index (χ4v) is 3.07. The fraction of sp³-hybridized carbons (Fsp3) is 0.583. The van der Waals surface area contributed by atoms with Crippen molar-refractivity contribution in [2.75, 3.05) is 39.3 Å². The smallest absolute Gasteiger partial charge is 0.242 e. The Kier molecular flexibility index (Phi) is 5.26. The van der Waals surface area contributed by atoms with Gasteiger partial charge >= 0.3 is 0 Å². The molecule has 1 fully saturated rings. The molecule has 2 heterocycles. The Morgan fingerprint density at radius 1 is 1.37 bits per heavy atom. The number of aromatic nitrogens is 1. The maximum absolute atomic E-state index is 11.9. The van der Waals surface area contributed by atoms with E-state index in [-0.39, 0.29) is 4.90 Å². The molecule has 0 unspecified atom stereocenters. The van der Waals surface area contributed by atoms with Gasteiger partial charge in [0.05, 0.1) is 0 Å². The van der Waals surface area contributed by atoms with Gasteiger partial charge < -0.3 is 10.2 Å². The number of hydrogen-bond donors (Lipinski definition) is 2. The Labute approximate surface area is 114 Å². The molecule has 1 saturated heterocycles. The molecule has 0 spiro atoms. The first-order valence-electron chi connectivity index (χ1n) is 6.51. The predicted molar refractivity (Wildman–Crippen MR) is 73.4 cm³/mol. The zero-order valence-corrected chi connectivity index (χ0v) is 11.7. The monoisotopic (exact) mass is 284 g/mol. The van der Waals surface area contributed by atoms with E-state index in [0.29, 0.717) is 6.54 Å². The highest BCUT2D eigenvalue weighted by Crippen LogP contribution is 2.05. The quantitative estimate of drug-likeness (QED) is 0.699. The van der Waals surface area contributed by atoms with Crippen LogP contribution in [0.3, 0.4) is 0 Å². The van der Waals surface area contributed by atoms with Crippen molar-refractivity contribution in [2.24, 2.45) is 0 Å². The molecule has 0 amide bonds. The van der Waals surface area contributed by atoms with E-state index < -0.39 is 10.0 Å². The minimum absolute atomic E-state index is 0.220. The molecule has 7 heteroatoms. The lowest BCUT2D eigenvalue weighted by Crippen LogP contribution is -2.44. The number of nitrogens with one attached hydrogen (secondary N) is 2. The normalized spacial score (nSPS) is 17.5. The van der Waals surface area contributed by atoms with E-state index in [2.05, 4.69) is 19.9 Å². The minimum atomic E-state index is -3.41. The van der Waals surface area contributed by atoms with E-state index in [9.17, 15) is 8.42 Å². The number of nitrogens with zero attached hydrogens (tertiary/aromatic N) is 2. The van der Waals surface area contributed by atoms with Gasteiger partial charge in [0.25, 0.3) is 0 Å². The first-order valence-corrected chi connectivity index (χ1v) is 7.99. The van der Waals surface area contributed by atoms with Crippen molar-refractivity contribution >= 4 is 10.0 Å². The van der Waals surface area contributed by atoms with Crippen molar-refractivity contribution in [1.29, 1.82) is 0 Å². The molecule has 0 aliphatic carbocycles. The van der Waals surface area contributed by atoms with Gasteiger partial charge in [-0.3, -0.25) is 4.98 Å². The third kappa shape index (κ3) is 4.54. The van der Waals surface area contributed by atoms with Crippen LogP contribution >= 0.6 is 0 Å². The predicted octanol–water partition coefficient (Wildman–Crippen LogP) is -0.345. The fourth-order valence-electron chi connectivity index (χ4n) is 2.03. The Morgan fingerprint density at radius 3 is 2.84 bits per heavy atom. The SMILES string of the molecule is O=S(=O)(NCCCN1CCNCC1)c1cccnc1. The van der Waals surface area contributed by atoms with Crippen LogP contribution in [0.15, 0.2) is 29.4 Å². The summed E-state index contributed by atoms with van der Waals surface area (Å²) in [5.74, 6) is 0. The molecule has 0 saturated carbocycles. The second-order valence-corrected chi connectivity index (χ2v) is 6.30. The second kappa shape index (κ2) is 6.95. The van der Waals surface area contributed by atoms with Crippen LogP contribution in [0.1, 0.15) is 6.42 Å². The number of piperazine rings is 1. The van der Waals surface area contributed by atoms with Gasteiger partial charge in [0.15, 0.2) is 0 Å². The molecule has 0 aromatic carbocycles. The first kappa shape index (κ1) is 14.4. The van der Waals surface area contributed by atoms with E-state index in [1.54, 1.807) is 18.3 Å². The van der Waals surface area contributed by atoms with Gasteiger partial charge in [0, 0.05) is 45.1 Å². The Bertz CT molecular complexity index is 472. The van der Waals surface area contributed by atoms with Crippen molar-refractivity contribution in [2.45, 2.75) is 11.3 Å². The number of hydrogen-bond acceptors (Lipinski definition) is 5. The summed E-state index contributed by atoms with van der Waals surface area (Å²) in [6.07, 6.45) is 3.74. The third-order valence-corrected chi connectivity index (χ3v) is 4.54. The van der Waals surface area contributed by atoms with Crippen LogP contribution in [0, 0.1) is 0 Å². The maximum Gasteiger partial charge on any atom is 0.242 e. The molecule has 106 valence electrons. The summed E-state index contributed by atoms with van der Waals surface area (Å²) in [6.45, 7) is 5.49. The molecule has 0 bridgehead atoms. The molecule has 2 N–H and O–H groups in total. The highest BCUT2D eigenvalue weighted by Gasteiger charge is 2.13. The van der Waals surface area contributed by atoms with Crippen LogP contribution in [-0.2, 0) is 10.0 Å². The Balaban J connectivity index is 1.73. The highest BCUT2D eigenvalue weighted by molar-refractivity contribution is 7.89. The summed E-state index contributed by atoms with van der Waals surface area (Å²) in [5.41, 5.74) is 0. The zero-order chi connectivity index (χ0) is 13.6. The van der Waals surface area contributed by atoms with Gasteiger partial charge in [-0.2, -0.15) is 0 Å². The summed E-state index contributed by atoms with van der Waals surface area (Å²) < 4.78 is 26.4. The van der Waals surface area contributed by atoms with E-state index >= 15 is 0 Å². The molecule has 1 aromatic rings. The van der Waals surface area contributed by atoms with Crippen molar-refractivity contribution in [1.82, 2.24) is 19.9 Å². The average molecular weight is 284 g/mol. The molecule has 1 aromatic heterocycles. The lowest BCUT2D eigenvalue weighted by Gasteiger charge is -2.27. The van der Waals surface area contributed by atoms with Gasteiger partial charge in [-0.05, 0) is 25.1 Å². The molecule has 19 heavy (non-hydrogen) atoms. The molecule has 2 rings (SSSR count). The standard InChI is InChI=1S/C12H20N4O2S/c17-19(18,12-3-1-4-14-11-12)15-5-2-8-16-9-6-13-7-10-16/h1,3-4,11,13,15H,2,5-10H2. The summed E-state index contributed by atoms with van der Waals surface area (Å²) in [5, 5.41) is 3.29. The van der Waals surface area contributed by atoms with Crippen molar-refractivity contribution in [3.8, 4) is 0 Å². The lowest BCUT2D eigenvalue weighted by molar-refractivity contribution is 0.239. The summed E-state index contributed by atoms with van der Waals surface area (Å²) >= 11 is 0. The third-order valence-electron chi connectivity index (χ3n) is 3.10. The van der Waals surface area contributed by atoms with Gasteiger partial charge in [-0.25, -0.2) is 13.1 Å². The van der Waals surface area contributed by atoms with E-state index in [1.165, 1.54) is 6.20 Å². The molecule has 0 radical (unpaired) electrons. The number of sulfonamides is 1. The Hall–Kier alpha value is -1.02. The van der Waals surface area contributed by atoms with Crippen LogP contribution < -0.4 is 10.0 Å². The van der Waals surface area contributed by atoms with Gasteiger partial charge in [0.1, 0.15) is 4.90 Å². The zero-order valence-electron chi connectivity index (χ0n) is 10.9. The second-order valence-electron chi connectivity index (χ2n) is 4.53. The van der Waals surface area contributed by atoms with Crippen molar-refractivity contribution < 1.29 is 8.42 Å². The summed E-state index contributed by atoms with van der Waals surface area (Å²) in [7, 11) is -3.41. The van der Waals surface area contributed by atoms with Crippen molar-refractivity contribution in [3.63, 3.8) is 0 Å². The van der Waals surface area contributed by atoms with Gasteiger partial charge in [-0.1, -0.05) is 0 Å². The van der Waals surface area contributed by atoms with Gasteiger partial charge in [0.2, 0.25) is 10.0 Å². The van der Waals surface area contributed by atoms with Crippen LogP contribution in [0.4, 0.5) is 0 Å². The topological polar surface area (TPSA) is 74.3 Å². The first-order chi connectivity index (χ1) is 9.18. The molecule has 1 aliphatic heterocycles. The van der Waals surface area contributed by atoms with Crippen molar-refractivity contribution in [3.05, 3.63) is 24.5 Å². The lowest BCUT2D eigenvalue weighted by atomic mass is 10.3. The van der Waals surface area contributed by atoms with Gasteiger partial charge in [-0.15, -0.1) is 0 Å². The van der Waals surface area contributed by atoms with Crippen LogP contribution in [0.2, 0.25) is 0 Å². The number of pyridine rings is 1. The van der Waals surface area contributed by atoms with Crippen LogP contribution in [0.25, 0.3) is 0 Å². The Morgan fingerprint density at radius 2 is 2.16 bits per heavy atom. The highest BCUT2D eigenvalue weighted by atomic mass is 32.2. The molecule has 6 nitrogen and oxygen atoms in total. The van der Waals surface area contributed by atoms with E-state index in [0.717, 1.165) is 39.1 Å². The number of rotatable bonds is 6.